The van der Waals surface area contributed by atoms with Crippen molar-refractivity contribution in [1.82, 2.24) is 9.38 Å². The van der Waals surface area contributed by atoms with E-state index in [1.54, 1.807) is 18.4 Å². The average Bonchev–Trinajstić information content (AvgIpc) is 2.96. The second-order valence-corrected chi connectivity index (χ2v) is 5.16. The van der Waals surface area contributed by atoms with Gasteiger partial charge in [-0.1, -0.05) is 6.92 Å². The molecule has 0 aliphatic heterocycles. The molecule has 19 heavy (non-hydrogen) atoms. The van der Waals surface area contributed by atoms with Crippen molar-refractivity contribution in [3.8, 4) is 17.0 Å². The third kappa shape index (κ3) is 1.96. The topological polar surface area (TPSA) is 52.5 Å². The van der Waals surface area contributed by atoms with Crippen molar-refractivity contribution in [3.05, 3.63) is 35.3 Å². The number of aromatic nitrogens is 2. The molecule has 0 unspecified atom stereocenters. The van der Waals surface area contributed by atoms with E-state index in [4.69, 9.17) is 10.5 Å². The van der Waals surface area contributed by atoms with E-state index in [1.807, 2.05) is 16.7 Å². The first kappa shape index (κ1) is 12.0. The van der Waals surface area contributed by atoms with Gasteiger partial charge in [-0.25, -0.2) is 4.98 Å². The maximum atomic E-state index is 5.74. The molecule has 0 amide bonds. The number of benzene rings is 1. The molecule has 98 valence electrons. The number of fused-ring (bicyclic) bond motifs is 1. The van der Waals surface area contributed by atoms with Crippen LogP contribution in [0.2, 0.25) is 0 Å². The second kappa shape index (κ2) is 4.59. The molecule has 0 aliphatic rings. The van der Waals surface area contributed by atoms with E-state index in [2.05, 4.69) is 29.4 Å². The van der Waals surface area contributed by atoms with E-state index in [-0.39, 0.29) is 0 Å². The highest BCUT2D eigenvalue weighted by Crippen LogP contribution is 2.30. The zero-order valence-electron chi connectivity index (χ0n) is 10.9. The number of imidazole rings is 1. The molecule has 0 radical (unpaired) electrons. The maximum absolute atomic E-state index is 5.74. The lowest BCUT2D eigenvalue weighted by atomic mass is 10.1. The summed E-state index contributed by atoms with van der Waals surface area (Å²) in [5, 5.41) is 2.10. The highest BCUT2D eigenvalue weighted by molar-refractivity contribution is 7.15. The van der Waals surface area contributed by atoms with Gasteiger partial charge in [-0.15, -0.1) is 11.3 Å². The van der Waals surface area contributed by atoms with Gasteiger partial charge in [0.15, 0.2) is 4.96 Å². The third-order valence-electron chi connectivity index (χ3n) is 3.18. The molecule has 0 saturated carbocycles. The number of methoxy groups -OCH3 is 1. The molecule has 0 spiro atoms. The third-order valence-corrected chi connectivity index (χ3v) is 4.02. The van der Waals surface area contributed by atoms with Gasteiger partial charge in [0.05, 0.1) is 19.0 Å². The van der Waals surface area contributed by atoms with Crippen LogP contribution in [0.5, 0.6) is 5.75 Å². The summed E-state index contributed by atoms with van der Waals surface area (Å²) in [6.07, 6.45) is 2.80. The molecule has 2 aromatic heterocycles. The van der Waals surface area contributed by atoms with Gasteiger partial charge in [-0.3, -0.25) is 4.40 Å². The number of hydrogen-bond acceptors (Lipinski definition) is 4. The minimum atomic E-state index is 0.553. The molecule has 2 N–H and O–H groups in total. The molecule has 3 aromatic rings. The summed E-state index contributed by atoms with van der Waals surface area (Å²) in [4.78, 5) is 5.19. The number of nitrogen functional groups attached to an aromatic ring is 1. The van der Waals surface area contributed by atoms with Crippen LogP contribution in [-0.4, -0.2) is 16.5 Å². The molecule has 4 nitrogen and oxygen atoms in total. The number of rotatable bonds is 3. The van der Waals surface area contributed by atoms with Gasteiger partial charge >= 0.3 is 0 Å². The summed E-state index contributed by atoms with van der Waals surface area (Å²) in [6.45, 7) is 2.13. The zero-order chi connectivity index (χ0) is 13.4. The molecule has 0 aliphatic carbocycles. The largest absolute Gasteiger partial charge is 0.496 e. The fourth-order valence-corrected chi connectivity index (χ4v) is 3.11. The molecule has 2 heterocycles. The van der Waals surface area contributed by atoms with Crippen LogP contribution in [-0.2, 0) is 6.42 Å². The number of thiazole rings is 1. The standard InChI is InChI=1S/C14H15N3OS/c1-3-9-6-10(4-5-12(9)18-2)11-8-19-14-16-13(15)7-17(11)14/h4-8H,3,15H2,1-2H3. The summed E-state index contributed by atoms with van der Waals surface area (Å²) in [5.41, 5.74) is 9.21. The van der Waals surface area contributed by atoms with Crippen molar-refractivity contribution in [3.63, 3.8) is 0 Å². The molecule has 5 heteroatoms. The Morgan fingerprint density at radius 1 is 1.42 bits per heavy atom. The van der Waals surface area contributed by atoms with Crippen LogP contribution in [0, 0.1) is 0 Å². The van der Waals surface area contributed by atoms with Gasteiger partial charge in [0.1, 0.15) is 11.6 Å². The van der Waals surface area contributed by atoms with Crippen LogP contribution in [0.4, 0.5) is 5.82 Å². The Morgan fingerprint density at radius 2 is 2.26 bits per heavy atom. The van der Waals surface area contributed by atoms with Gasteiger partial charge in [0.25, 0.3) is 0 Å². The van der Waals surface area contributed by atoms with Crippen molar-refractivity contribution in [1.29, 1.82) is 0 Å². The number of aryl methyl sites for hydroxylation is 1. The van der Waals surface area contributed by atoms with Crippen LogP contribution in [0.1, 0.15) is 12.5 Å². The first-order valence-corrected chi connectivity index (χ1v) is 7.00. The Balaban J connectivity index is 2.15. The lowest BCUT2D eigenvalue weighted by Gasteiger charge is -2.08. The lowest BCUT2D eigenvalue weighted by molar-refractivity contribution is 0.410. The maximum Gasteiger partial charge on any atom is 0.196 e. The summed E-state index contributed by atoms with van der Waals surface area (Å²) >= 11 is 1.59. The van der Waals surface area contributed by atoms with E-state index in [0.717, 1.165) is 28.4 Å². The number of nitrogens with zero attached hydrogens (tertiary/aromatic N) is 2. The predicted molar refractivity (Wildman–Crippen MR) is 78.8 cm³/mol. The Kier molecular flexibility index (Phi) is 2.91. The van der Waals surface area contributed by atoms with E-state index >= 15 is 0 Å². The fraction of sp³-hybridized carbons (Fsp3) is 0.214. The van der Waals surface area contributed by atoms with E-state index in [0.29, 0.717) is 5.82 Å². The summed E-state index contributed by atoms with van der Waals surface area (Å²) in [5.74, 6) is 1.49. The number of hydrogen-bond donors (Lipinski definition) is 1. The van der Waals surface area contributed by atoms with Crippen LogP contribution < -0.4 is 10.5 Å². The Hall–Kier alpha value is -2.01. The Morgan fingerprint density at radius 3 is 3.00 bits per heavy atom. The van der Waals surface area contributed by atoms with Gasteiger partial charge in [0, 0.05) is 5.38 Å². The quantitative estimate of drug-likeness (QED) is 0.797. The van der Waals surface area contributed by atoms with Crippen LogP contribution in [0.25, 0.3) is 16.2 Å². The highest BCUT2D eigenvalue weighted by Gasteiger charge is 2.10. The summed E-state index contributed by atoms with van der Waals surface area (Å²) < 4.78 is 7.39. The van der Waals surface area contributed by atoms with Crippen molar-refractivity contribution in [2.75, 3.05) is 12.8 Å². The minimum absolute atomic E-state index is 0.553. The highest BCUT2D eigenvalue weighted by atomic mass is 32.1. The predicted octanol–water partition coefficient (Wildman–Crippen LogP) is 3.22. The molecule has 1 aromatic carbocycles. The molecule has 0 saturated heterocycles. The van der Waals surface area contributed by atoms with Crippen molar-refractivity contribution in [2.24, 2.45) is 0 Å². The minimum Gasteiger partial charge on any atom is -0.496 e. The molecule has 0 fully saturated rings. The van der Waals surface area contributed by atoms with E-state index < -0.39 is 0 Å². The summed E-state index contributed by atoms with van der Waals surface area (Å²) in [7, 11) is 1.70. The first-order chi connectivity index (χ1) is 9.22. The fourth-order valence-electron chi connectivity index (χ4n) is 2.22. The van der Waals surface area contributed by atoms with Crippen LogP contribution in [0.3, 0.4) is 0 Å². The number of anilines is 1. The van der Waals surface area contributed by atoms with Crippen LogP contribution >= 0.6 is 11.3 Å². The van der Waals surface area contributed by atoms with Gasteiger partial charge < -0.3 is 10.5 Å². The molecule has 3 rings (SSSR count). The second-order valence-electron chi connectivity index (χ2n) is 4.32. The van der Waals surface area contributed by atoms with Crippen LogP contribution in [0.15, 0.2) is 29.8 Å². The Labute approximate surface area is 115 Å². The SMILES string of the molecule is CCc1cc(-c2csc3nc(N)cn23)ccc1OC. The first-order valence-electron chi connectivity index (χ1n) is 6.12. The van der Waals surface area contributed by atoms with Crippen molar-refractivity contribution in [2.45, 2.75) is 13.3 Å². The molecule has 0 bridgehead atoms. The Bertz CT molecular complexity index is 729. The van der Waals surface area contributed by atoms with Gasteiger partial charge in [-0.05, 0) is 35.7 Å². The molecule has 0 atom stereocenters. The molecular weight excluding hydrogens is 258 g/mol. The number of ether oxygens (including phenoxy) is 1. The normalized spacial score (nSPS) is 11.1. The van der Waals surface area contributed by atoms with E-state index in [9.17, 15) is 0 Å². The lowest BCUT2D eigenvalue weighted by Crippen LogP contribution is -1.92. The number of nitrogens with two attached hydrogens (primary N) is 1. The van der Waals surface area contributed by atoms with Gasteiger partial charge in [-0.2, -0.15) is 0 Å². The monoisotopic (exact) mass is 273 g/mol. The van der Waals surface area contributed by atoms with Gasteiger partial charge in [0.2, 0.25) is 0 Å². The van der Waals surface area contributed by atoms with Crippen molar-refractivity contribution < 1.29 is 4.74 Å². The average molecular weight is 273 g/mol. The zero-order valence-corrected chi connectivity index (χ0v) is 11.7. The molecular formula is C14H15N3OS. The van der Waals surface area contributed by atoms with E-state index in [1.165, 1.54) is 5.56 Å². The van der Waals surface area contributed by atoms with Crippen molar-refractivity contribution >= 4 is 22.1 Å². The summed E-state index contributed by atoms with van der Waals surface area (Å²) in [6, 6.07) is 6.24. The smallest absolute Gasteiger partial charge is 0.196 e.